The van der Waals surface area contributed by atoms with E-state index in [-0.39, 0.29) is 0 Å². The number of carboxylic acids is 1. The standard InChI is InChI=1S/C5H8O2.C5H6OS/c1-4(2)3-5(6)7;7-4-5-2-1-3-6-5/h3H,1-2H3,(H,6,7);1-3,7H,4H2. The third-order valence-corrected chi connectivity index (χ3v) is 1.46. The summed E-state index contributed by atoms with van der Waals surface area (Å²) in [6.45, 7) is 3.49. The van der Waals surface area contributed by atoms with Crippen LogP contribution in [0.1, 0.15) is 19.6 Å². The van der Waals surface area contributed by atoms with Gasteiger partial charge in [-0.1, -0.05) is 5.57 Å². The molecule has 4 heteroatoms. The zero-order valence-electron chi connectivity index (χ0n) is 8.23. The van der Waals surface area contributed by atoms with Crippen molar-refractivity contribution >= 4 is 18.6 Å². The zero-order chi connectivity index (χ0) is 11.0. The van der Waals surface area contributed by atoms with E-state index in [9.17, 15) is 4.79 Å². The minimum absolute atomic E-state index is 0.688. The highest BCUT2D eigenvalue weighted by molar-refractivity contribution is 7.79. The second kappa shape index (κ2) is 7.26. The molecule has 14 heavy (non-hydrogen) atoms. The summed E-state index contributed by atoms with van der Waals surface area (Å²) in [4.78, 5) is 9.73. The van der Waals surface area contributed by atoms with Crippen molar-refractivity contribution in [2.24, 2.45) is 0 Å². The first-order valence-electron chi connectivity index (χ1n) is 4.07. The monoisotopic (exact) mass is 214 g/mol. The van der Waals surface area contributed by atoms with Gasteiger partial charge in [0.2, 0.25) is 0 Å². The van der Waals surface area contributed by atoms with Crippen molar-refractivity contribution in [3.05, 3.63) is 35.8 Å². The summed E-state index contributed by atoms with van der Waals surface area (Å²) in [7, 11) is 0. The van der Waals surface area contributed by atoms with Crippen LogP contribution in [0.3, 0.4) is 0 Å². The fourth-order valence-electron chi connectivity index (χ4n) is 0.649. The molecular weight excluding hydrogens is 200 g/mol. The Morgan fingerprint density at radius 3 is 2.43 bits per heavy atom. The molecule has 1 aromatic heterocycles. The van der Waals surface area contributed by atoms with Crippen LogP contribution in [0.2, 0.25) is 0 Å². The minimum atomic E-state index is -0.875. The van der Waals surface area contributed by atoms with Gasteiger partial charge < -0.3 is 9.52 Å². The normalized spacial score (nSPS) is 8.50. The maximum atomic E-state index is 9.73. The van der Waals surface area contributed by atoms with Crippen molar-refractivity contribution in [1.82, 2.24) is 0 Å². The Kier molecular flexibility index (Phi) is 6.66. The van der Waals surface area contributed by atoms with Crippen molar-refractivity contribution in [3.63, 3.8) is 0 Å². The summed E-state index contributed by atoms with van der Waals surface area (Å²) in [6.07, 6.45) is 2.81. The third-order valence-electron chi connectivity index (χ3n) is 1.15. The summed E-state index contributed by atoms with van der Waals surface area (Å²) < 4.78 is 4.91. The molecule has 0 atom stereocenters. The lowest BCUT2D eigenvalue weighted by Gasteiger charge is -1.79. The Morgan fingerprint density at radius 2 is 2.29 bits per heavy atom. The molecule has 0 saturated carbocycles. The number of rotatable bonds is 2. The van der Waals surface area contributed by atoms with E-state index < -0.39 is 5.97 Å². The van der Waals surface area contributed by atoms with Gasteiger partial charge in [-0.3, -0.25) is 0 Å². The first-order valence-corrected chi connectivity index (χ1v) is 4.70. The molecule has 0 radical (unpaired) electrons. The Morgan fingerprint density at radius 1 is 1.64 bits per heavy atom. The van der Waals surface area contributed by atoms with Crippen LogP contribution in [-0.2, 0) is 10.5 Å². The summed E-state index contributed by atoms with van der Waals surface area (Å²) in [6, 6.07) is 3.75. The number of hydrogen-bond donors (Lipinski definition) is 2. The molecular formula is C10H14O3S. The minimum Gasteiger partial charge on any atom is -0.478 e. The molecule has 0 fully saturated rings. The van der Waals surface area contributed by atoms with E-state index >= 15 is 0 Å². The molecule has 0 unspecified atom stereocenters. The van der Waals surface area contributed by atoms with E-state index in [2.05, 4.69) is 12.6 Å². The molecule has 0 saturated heterocycles. The van der Waals surface area contributed by atoms with Crippen molar-refractivity contribution in [3.8, 4) is 0 Å². The summed E-state index contributed by atoms with van der Waals surface area (Å²) in [5.41, 5.74) is 0.813. The van der Waals surface area contributed by atoms with E-state index in [1.54, 1.807) is 20.1 Å². The zero-order valence-corrected chi connectivity index (χ0v) is 9.12. The van der Waals surface area contributed by atoms with Gasteiger partial charge in [-0.2, -0.15) is 12.6 Å². The average Bonchev–Trinajstić information content (AvgIpc) is 2.53. The number of furan rings is 1. The molecule has 0 spiro atoms. The van der Waals surface area contributed by atoms with Gasteiger partial charge in [0.05, 0.1) is 6.26 Å². The van der Waals surface area contributed by atoms with Crippen LogP contribution in [0.4, 0.5) is 0 Å². The first kappa shape index (κ1) is 12.8. The number of carbonyl (C=O) groups is 1. The van der Waals surface area contributed by atoms with Gasteiger partial charge in [0.1, 0.15) is 5.76 Å². The van der Waals surface area contributed by atoms with Crippen LogP contribution < -0.4 is 0 Å². The topological polar surface area (TPSA) is 50.4 Å². The van der Waals surface area contributed by atoms with E-state index in [0.717, 1.165) is 11.3 Å². The van der Waals surface area contributed by atoms with Gasteiger partial charge in [-0.05, 0) is 26.0 Å². The summed E-state index contributed by atoms with van der Waals surface area (Å²) in [5, 5.41) is 8.01. The quantitative estimate of drug-likeness (QED) is 0.588. The molecule has 1 rings (SSSR count). The number of thiol groups is 1. The van der Waals surface area contributed by atoms with Gasteiger partial charge in [-0.15, -0.1) is 0 Å². The van der Waals surface area contributed by atoms with Gasteiger partial charge >= 0.3 is 5.97 Å². The van der Waals surface area contributed by atoms with E-state index in [0.29, 0.717) is 5.75 Å². The van der Waals surface area contributed by atoms with Crippen LogP contribution in [0.25, 0.3) is 0 Å². The van der Waals surface area contributed by atoms with Gasteiger partial charge in [0, 0.05) is 11.8 Å². The van der Waals surface area contributed by atoms with Gasteiger partial charge in [0.15, 0.2) is 0 Å². The number of aliphatic carboxylic acids is 1. The van der Waals surface area contributed by atoms with Crippen LogP contribution in [0.5, 0.6) is 0 Å². The second-order valence-electron chi connectivity index (χ2n) is 2.80. The number of hydrogen-bond acceptors (Lipinski definition) is 3. The third kappa shape index (κ3) is 7.49. The predicted molar refractivity (Wildman–Crippen MR) is 58.5 cm³/mol. The highest BCUT2D eigenvalue weighted by Gasteiger charge is 1.85. The predicted octanol–water partition coefficient (Wildman–Crippen LogP) is 2.75. The summed E-state index contributed by atoms with van der Waals surface area (Å²) >= 11 is 3.98. The van der Waals surface area contributed by atoms with Crippen LogP contribution >= 0.6 is 12.6 Å². The molecule has 0 aliphatic rings. The Hall–Kier alpha value is -1.16. The first-order chi connectivity index (χ1) is 6.56. The van der Waals surface area contributed by atoms with E-state index in [1.807, 2.05) is 12.1 Å². The van der Waals surface area contributed by atoms with Crippen molar-refractivity contribution < 1.29 is 14.3 Å². The molecule has 0 aliphatic carbocycles. The van der Waals surface area contributed by atoms with Gasteiger partial charge in [-0.25, -0.2) is 4.79 Å². The maximum absolute atomic E-state index is 9.73. The number of allylic oxidation sites excluding steroid dienone is 1. The average molecular weight is 214 g/mol. The fourth-order valence-corrected chi connectivity index (χ4v) is 0.829. The van der Waals surface area contributed by atoms with Crippen molar-refractivity contribution in [2.45, 2.75) is 19.6 Å². The van der Waals surface area contributed by atoms with Crippen molar-refractivity contribution in [1.29, 1.82) is 0 Å². The SMILES string of the molecule is CC(C)=CC(=O)O.SCc1ccco1. The summed E-state index contributed by atoms with van der Waals surface area (Å²) in [5.74, 6) is 0.732. The lowest BCUT2D eigenvalue weighted by molar-refractivity contribution is -0.131. The van der Waals surface area contributed by atoms with Crippen LogP contribution in [-0.4, -0.2) is 11.1 Å². The maximum Gasteiger partial charge on any atom is 0.328 e. The van der Waals surface area contributed by atoms with Crippen molar-refractivity contribution in [2.75, 3.05) is 0 Å². The number of carboxylic acid groups (broad SMARTS) is 1. The second-order valence-corrected chi connectivity index (χ2v) is 3.11. The van der Waals surface area contributed by atoms with E-state index in [4.69, 9.17) is 9.52 Å². The molecule has 78 valence electrons. The Labute approximate surface area is 88.8 Å². The smallest absolute Gasteiger partial charge is 0.328 e. The highest BCUT2D eigenvalue weighted by Crippen LogP contribution is 2.01. The molecule has 1 aromatic rings. The van der Waals surface area contributed by atoms with Crippen LogP contribution in [0, 0.1) is 0 Å². The Balaban J connectivity index is 0.000000241. The van der Waals surface area contributed by atoms with Crippen LogP contribution in [0.15, 0.2) is 34.5 Å². The molecule has 0 bridgehead atoms. The van der Waals surface area contributed by atoms with Gasteiger partial charge in [0.25, 0.3) is 0 Å². The molecule has 1 N–H and O–H groups in total. The lowest BCUT2D eigenvalue weighted by Crippen LogP contribution is -1.86. The lowest BCUT2D eigenvalue weighted by atomic mass is 10.3. The molecule has 0 aromatic carbocycles. The molecule has 3 nitrogen and oxygen atoms in total. The Bertz CT molecular complexity index is 284. The molecule has 1 heterocycles. The van der Waals surface area contributed by atoms with E-state index in [1.165, 1.54) is 6.08 Å². The fraction of sp³-hybridized carbons (Fsp3) is 0.300. The molecule has 0 aliphatic heterocycles. The largest absolute Gasteiger partial charge is 0.478 e. The molecule has 0 amide bonds. The highest BCUT2D eigenvalue weighted by atomic mass is 32.1.